The summed E-state index contributed by atoms with van der Waals surface area (Å²) in [6.07, 6.45) is 7.10. The molecule has 12 heteroatoms. The number of hydrogen-bond donors (Lipinski definition) is 0. The summed E-state index contributed by atoms with van der Waals surface area (Å²) >= 11 is 0. The molecule has 2 aliphatic heterocycles. The molecule has 0 unspecified atom stereocenters. The molecule has 222 valence electrons. The number of carbonyl (C=O) groups excluding carboxylic acids is 1. The fourth-order valence-corrected chi connectivity index (χ4v) is 6.35. The number of aryl methyl sites for hydroxylation is 2. The van der Waals surface area contributed by atoms with Crippen LogP contribution in [0.5, 0.6) is 5.75 Å². The number of anilines is 1. The van der Waals surface area contributed by atoms with Gasteiger partial charge in [0.15, 0.2) is 11.6 Å². The highest BCUT2D eigenvalue weighted by Crippen LogP contribution is 2.35. The molecule has 0 N–H and O–H groups in total. The minimum absolute atomic E-state index is 0.133. The van der Waals surface area contributed by atoms with Crippen LogP contribution >= 0.6 is 0 Å². The molecule has 2 saturated heterocycles. The van der Waals surface area contributed by atoms with Gasteiger partial charge in [-0.05, 0) is 31.9 Å². The second-order valence-corrected chi connectivity index (χ2v) is 11.2. The number of hydrogen-bond acceptors (Lipinski definition) is 9. The van der Waals surface area contributed by atoms with Gasteiger partial charge < -0.3 is 23.8 Å². The van der Waals surface area contributed by atoms with Gasteiger partial charge in [0, 0.05) is 75.6 Å². The Bertz CT molecular complexity index is 1830. The maximum absolute atomic E-state index is 11.9. The lowest BCUT2D eigenvalue weighted by molar-refractivity contribution is -0.129. The Hall–Kier alpha value is -4.58. The van der Waals surface area contributed by atoms with Crippen molar-refractivity contribution in [3.05, 3.63) is 48.3 Å². The minimum Gasteiger partial charge on any atom is -0.496 e. The van der Waals surface area contributed by atoms with E-state index in [4.69, 9.17) is 29.5 Å². The highest BCUT2D eigenvalue weighted by Gasteiger charge is 2.28. The van der Waals surface area contributed by atoms with Crippen LogP contribution in [-0.4, -0.2) is 91.6 Å². The van der Waals surface area contributed by atoms with Gasteiger partial charge >= 0.3 is 0 Å². The van der Waals surface area contributed by atoms with Gasteiger partial charge in [0.05, 0.1) is 48.8 Å². The van der Waals surface area contributed by atoms with E-state index in [0.717, 1.165) is 89.6 Å². The van der Waals surface area contributed by atoms with Crippen LogP contribution < -0.4 is 9.64 Å². The van der Waals surface area contributed by atoms with Gasteiger partial charge in [0.1, 0.15) is 17.1 Å². The zero-order valence-electron chi connectivity index (χ0n) is 24.9. The molecule has 5 aromatic heterocycles. The molecule has 7 rings (SSSR count). The molecule has 1 amide bonds. The topological polar surface area (TPSA) is 116 Å². The van der Waals surface area contributed by atoms with Crippen LogP contribution in [0.2, 0.25) is 0 Å². The fourth-order valence-electron chi connectivity index (χ4n) is 6.35. The molecule has 0 bridgehead atoms. The van der Waals surface area contributed by atoms with Crippen molar-refractivity contribution in [2.24, 2.45) is 7.05 Å². The Morgan fingerprint density at radius 2 is 1.81 bits per heavy atom. The molecule has 43 heavy (non-hydrogen) atoms. The Morgan fingerprint density at radius 1 is 1.02 bits per heavy atom. The molecule has 12 nitrogen and oxygen atoms in total. The number of piperidine rings is 1. The summed E-state index contributed by atoms with van der Waals surface area (Å²) in [5.74, 6) is 3.68. The summed E-state index contributed by atoms with van der Waals surface area (Å²) in [7, 11) is 3.73. The number of carbonyl (C=O) groups is 1. The lowest BCUT2D eigenvalue weighted by atomic mass is 9.96. The average Bonchev–Trinajstić information content (AvgIpc) is 3.62. The van der Waals surface area contributed by atoms with Gasteiger partial charge in [0.25, 0.3) is 0 Å². The van der Waals surface area contributed by atoms with Crippen molar-refractivity contribution in [2.75, 3.05) is 51.4 Å². The van der Waals surface area contributed by atoms with Crippen LogP contribution in [0.1, 0.15) is 37.2 Å². The number of nitrogens with zero attached hydrogens (tertiary/aromatic N) is 9. The third-order valence-electron chi connectivity index (χ3n) is 8.74. The van der Waals surface area contributed by atoms with Crippen molar-refractivity contribution < 1.29 is 14.3 Å². The summed E-state index contributed by atoms with van der Waals surface area (Å²) < 4.78 is 15.4. The molecule has 0 spiro atoms. The molecular formula is C31H35N9O3. The molecular weight excluding hydrogens is 546 g/mol. The van der Waals surface area contributed by atoms with Crippen molar-refractivity contribution in [1.29, 1.82) is 0 Å². The SMILES string of the molecule is COc1ccncc1-c1cc2c(cnn2-c2cc3c(nc(C4CCN(C(C)=O)CC4)n3C)c(N3CCOCC3)n2)c(C)n1. The van der Waals surface area contributed by atoms with Crippen molar-refractivity contribution in [3.63, 3.8) is 0 Å². The Kier molecular flexibility index (Phi) is 6.92. The van der Waals surface area contributed by atoms with E-state index in [0.29, 0.717) is 24.8 Å². The summed E-state index contributed by atoms with van der Waals surface area (Å²) in [6, 6.07) is 5.93. The molecule has 0 radical (unpaired) electrons. The van der Waals surface area contributed by atoms with E-state index in [9.17, 15) is 4.79 Å². The number of likely N-dealkylation sites (tertiary alicyclic amines) is 1. The number of amides is 1. The Balaban J connectivity index is 1.37. The van der Waals surface area contributed by atoms with Gasteiger partial charge in [-0.3, -0.25) is 14.8 Å². The number of fused-ring (bicyclic) bond motifs is 2. The van der Waals surface area contributed by atoms with E-state index in [-0.39, 0.29) is 11.8 Å². The molecule has 2 aliphatic rings. The van der Waals surface area contributed by atoms with Crippen LogP contribution in [0.15, 0.2) is 36.8 Å². The zero-order valence-corrected chi connectivity index (χ0v) is 24.9. The summed E-state index contributed by atoms with van der Waals surface area (Å²) in [4.78, 5) is 35.7. The highest BCUT2D eigenvalue weighted by atomic mass is 16.5. The molecule has 0 atom stereocenters. The van der Waals surface area contributed by atoms with Gasteiger partial charge in [0.2, 0.25) is 5.91 Å². The molecule has 0 aliphatic carbocycles. The van der Waals surface area contributed by atoms with Crippen molar-refractivity contribution in [3.8, 4) is 22.8 Å². The smallest absolute Gasteiger partial charge is 0.219 e. The number of rotatable bonds is 5. The Labute approximate surface area is 249 Å². The second kappa shape index (κ2) is 10.9. The standard InChI is InChI=1S/C31H35N9O3/c1-19-22-18-33-40(25(22)15-24(34-19)23-17-32-8-5-27(23)42-4)28-16-26-29(31(35-28)39-11-13-43-14-12-39)36-30(37(26)3)21-6-9-38(10-7-21)20(2)41/h5,8,15-18,21H,6-7,9-14H2,1-4H3. The van der Waals surface area contributed by atoms with Gasteiger partial charge in [-0.25, -0.2) is 14.6 Å². The molecule has 7 heterocycles. The van der Waals surface area contributed by atoms with E-state index >= 15 is 0 Å². The lowest BCUT2D eigenvalue weighted by Crippen LogP contribution is -2.37. The number of morpholine rings is 1. The first-order valence-electron chi connectivity index (χ1n) is 14.7. The zero-order chi connectivity index (χ0) is 29.7. The maximum Gasteiger partial charge on any atom is 0.219 e. The number of pyridine rings is 3. The van der Waals surface area contributed by atoms with Crippen LogP contribution in [0.25, 0.3) is 39.0 Å². The maximum atomic E-state index is 11.9. The monoisotopic (exact) mass is 581 g/mol. The first-order chi connectivity index (χ1) is 20.9. The van der Waals surface area contributed by atoms with Crippen molar-refractivity contribution >= 4 is 33.7 Å². The van der Waals surface area contributed by atoms with Gasteiger partial charge in [-0.15, -0.1) is 0 Å². The summed E-state index contributed by atoms with van der Waals surface area (Å²) in [6.45, 7) is 7.89. The average molecular weight is 582 g/mol. The normalized spacial score (nSPS) is 16.4. The quantitative estimate of drug-likeness (QED) is 0.307. The van der Waals surface area contributed by atoms with E-state index in [1.54, 1.807) is 26.4 Å². The third kappa shape index (κ3) is 4.75. The van der Waals surface area contributed by atoms with E-state index in [1.165, 1.54) is 0 Å². The number of ether oxygens (including phenoxy) is 2. The third-order valence-corrected chi connectivity index (χ3v) is 8.74. The largest absolute Gasteiger partial charge is 0.496 e. The van der Waals surface area contributed by atoms with Gasteiger partial charge in [-0.2, -0.15) is 5.10 Å². The molecule has 0 aromatic carbocycles. The van der Waals surface area contributed by atoms with Crippen LogP contribution in [0.4, 0.5) is 5.82 Å². The number of methoxy groups -OCH3 is 1. The van der Waals surface area contributed by atoms with E-state index in [1.807, 2.05) is 34.8 Å². The van der Waals surface area contributed by atoms with Crippen molar-refractivity contribution in [1.82, 2.24) is 39.2 Å². The predicted octanol–water partition coefficient (Wildman–Crippen LogP) is 3.64. The lowest BCUT2D eigenvalue weighted by Gasteiger charge is -2.30. The summed E-state index contributed by atoms with van der Waals surface area (Å²) in [5.41, 5.74) is 5.20. The first kappa shape index (κ1) is 27.3. The van der Waals surface area contributed by atoms with Crippen LogP contribution in [0, 0.1) is 6.92 Å². The predicted molar refractivity (Wildman–Crippen MR) is 163 cm³/mol. The minimum atomic E-state index is 0.133. The van der Waals surface area contributed by atoms with Crippen LogP contribution in [0.3, 0.4) is 0 Å². The molecule has 0 saturated carbocycles. The highest BCUT2D eigenvalue weighted by molar-refractivity contribution is 5.91. The van der Waals surface area contributed by atoms with Crippen LogP contribution in [-0.2, 0) is 16.6 Å². The molecule has 5 aromatic rings. The van der Waals surface area contributed by atoms with E-state index < -0.39 is 0 Å². The first-order valence-corrected chi connectivity index (χ1v) is 14.7. The van der Waals surface area contributed by atoms with E-state index in [2.05, 4.69) is 27.6 Å². The number of imidazole rings is 1. The summed E-state index contributed by atoms with van der Waals surface area (Å²) in [5, 5.41) is 5.75. The van der Waals surface area contributed by atoms with Gasteiger partial charge in [-0.1, -0.05) is 0 Å². The Morgan fingerprint density at radius 3 is 2.56 bits per heavy atom. The van der Waals surface area contributed by atoms with Crippen molar-refractivity contribution in [2.45, 2.75) is 32.6 Å². The number of aromatic nitrogens is 7. The second-order valence-electron chi connectivity index (χ2n) is 11.2. The fraction of sp³-hybridized carbons (Fsp3) is 0.419. The molecule has 2 fully saturated rings.